The first-order valence-electron chi connectivity index (χ1n) is 8.15. The van der Waals surface area contributed by atoms with Crippen molar-refractivity contribution in [1.29, 1.82) is 0 Å². The van der Waals surface area contributed by atoms with E-state index in [1.807, 2.05) is 54.9 Å². The van der Waals surface area contributed by atoms with Crippen LogP contribution in [0.4, 0.5) is 5.69 Å². The second-order valence-corrected chi connectivity index (χ2v) is 6.08. The van der Waals surface area contributed by atoms with Crippen LogP contribution in [0, 0.1) is 13.8 Å². The van der Waals surface area contributed by atoms with Gasteiger partial charge in [0.1, 0.15) is 0 Å². The van der Waals surface area contributed by atoms with E-state index in [0.717, 1.165) is 17.0 Å². The molecule has 1 amide bonds. The zero-order chi connectivity index (χ0) is 18.1. The van der Waals surface area contributed by atoms with Gasteiger partial charge in [0.05, 0.1) is 6.33 Å². The molecule has 0 saturated heterocycles. The Bertz CT molecular complexity index is 1080. The number of aryl methyl sites for hydroxylation is 2. The number of hydrogen-bond donors (Lipinski definition) is 1. The van der Waals surface area contributed by atoms with Crippen LogP contribution in [-0.4, -0.2) is 35.0 Å². The Morgan fingerprint density at radius 2 is 2.08 bits per heavy atom. The summed E-state index contributed by atoms with van der Waals surface area (Å²) in [6, 6.07) is 9.53. The van der Waals surface area contributed by atoms with E-state index in [1.165, 1.54) is 0 Å². The van der Waals surface area contributed by atoms with Crippen LogP contribution < -0.4 is 5.32 Å². The van der Waals surface area contributed by atoms with Gasteiger partial charge < -0.3 is 9.88 Å². The minimum atomic E-state index is -0.368. The molecular formula is C18H17N7O. The van der Waals surface area contributed by atoms with Crippen LogP contribution in [0.3, 0.4) is 0 Å². The van der Waals surface area contributed by atoms with Gasteiger partial charge in [-0.25, -0.2) is 14.5 Å². The fraction of sp³-hybridized carbons (Fsp3) is 0.167. The number of fused-ring (bicyclic) bond motifs is 1. The lowest BCUT2D eigenvalue weighted by molar-refractivity contribution is 0.101. The number of nitrogens with zero attached hydrogens (tertiary/aromatic N) is 6. The first-order chi connectivity index (χ1) is 12.6. The number of carbonyl (C=O) groups is 1. The lowest BCUT2D eigenvalue weighted by Crippen LogP contribution is -2.14. The van der Waals surface area contributed by atoms with Crippen molar-refractivity contribution in [3.05, 3.63) is 71.8 Å². The summed E-state index contributed by atoms with van der Waals surface area (Å²) in [6.45, 7) is 4.46. The number of benzene rings is 1. The predicted molar refractivity (Wildman–Crippen MR) is 96.0 cm³/mol. The van der Waals surface area contributed by atoms with Crippen LogP contribution >= 0.6 is 0 Å². The summed E-state index contributed by atoms with van der Waals surface area (Å²) >= 11 is 0. The molecule has 26 heavy (non-hydrogen) atoms. The van der Waals surface area contributed by atoms with E-state index in [0.29, 0.717) is 18.0 Å². The molecule has 0 unspecified atom stereocenters. The highest BCUT2D eigenvalue weighted by Crippen LogP contribution is 2.13. The lowest BCUT2D eigenvalue weighted by atomic mass is 10.2. The molecular weight excluding hydrogens is 330 g/mol. The summed E-state index contributed by atoms with van der Waals surface area (Å²) in [7, 11) is 0. The maximum atomic E-state index is 12.5. The van der Waals surface area contributed by atoms with Crippen LogP contribution in [0.1, 0.15) is 27.6 Å². The third kappa shape index (κ3) is 3.16. The third-order valence-electron chi connectivity index (χ3n) is 3.93. The molecule has 0 aliphatic carbocycles. The van der Waals surface area contributed by atoms with Gasteiger partial charge >= 0.3 is 0 Å². The smallest absolute Gasteiger partial charge is 0.295 e. The van der Waals surface area contributed by atoms with Crippen molar-refractivity contribution < 1.29 is 4.79 Å². The van der Waals surface area contributed by atoms with Crippen LogP contribution in [-0.2, 0) is 6.54 Å². The normalized spacial score (nSPS) is 11.0. The maximum absolute atomic E-state index is 12.5. The molecule has 1 aromatic carbocycles. The van der Waals surface area contributed by atoms with Crippen molar-refractivity contribution in [2.75, 3.05) is 5.32 Å². The Morgan fingerprint density at radius 1 is 1.19 bits per heavy atom. The molecule has 0 atom stereocenters. The third-order valence-corrected chi connectivity index (χ3v) is 3.93. The Kier molecular flexibility index (Phi) is 3.92. The highest BCUT2D eigenvalue weighted by atomic mass is 16.2. The first kappa shape index (κ1) is 15.9. The fourth-order valence-electron chi connectivity index (χ4n) is 2.79. The Balaban J connectivity index is 1.55. The fourth-order valence-corrected chi connectivity index (χ4v) is 2.79. The molecule has 130 valence electrons. The number of nitrogens with one attached hydrogen (secondary N) is 1. The Labute approximate surface area is 149 Å². The van der Waals surface area contributed by atoms with Gasteiger partial charge in [0.15, 0.2) is 0 Å². The average molecular weight is 347 g/mol. The topological polar surface area (TPSA) is 90.0 Å². The van der Waals surface area contributed by atoms with Crippen molar-refractivity contribution in [3.8, 4) is 0 Å². The molecule has 0 fully saturated rings. The molecule has 8 heteroatoms. The molecule has 1 N–H and O–H groups in total. The van der Waals surface area contributed by atoms with Gasteiger partial charge in [-0.15, -0.1) is 5.10 Å². The quantitative estimate of drug-likeness (QED) is 0.611. The molecule has 0 aliphatic heterocycles. The summed E-state index contributed by atoms with van der Waals surface area (Å²) in [6.07, 6.45) is 5.38. The van der Waals surface area contributed by atoms with Gasteiger partial charge in [0.2, 0.25) is 5.82 Å². The van der Waals surface area contributed by atoms with E-state index in [9.17, 15) is 4.79 Å². The van der Waals surface area contributed by atoms with Crippen LogP contribution in [0.25, 0.3) is 5.78 Å². The highest BCUT2D eigenvalue weighted by Gasteiger charge is 2.15. The van der Waals surface area contributed by atoms with Gasteiger partial charge in [-0.05, 0) is 37.6 Å². The maximum Gasteiger partial charge on any atom is 0.295 e. The van der Waals surface area contributed by atoms with Crippen molar-refractivity contribution in [2.45, 2.75) is 20.4 Å². The van der Waals surface area contributed by atoms with E-state index in [4.69, 9.17) is 0 Å². The summed E-state index contributed by atoms with van der Waals surface area (Å²) in [4.78, 5) is 25.1. The molecule has 4 aromatic rings. The number of imidazole rings is 1. The summed E-state index contributed by atoms with van der Waals surface area (Å²) in [5, 5.41) is 7.09. The minimum Gasteiger partial charge on any atom is -0.333 e. The van der Waals surface area contributed by atoms with Gasteiger partial charge in [-0.3, -0.25) is 4.79 Å². The van der Waals surface area contributed by atoms with Crippen molar-refractivity contribution >= 4 is 17.4 Å². The molecule has 0 bridgehead atoms. The van der Waals surface area contributed by atoms with Crippen LogP contribution in [0.15, 0.2) is 49.1 Å². The van der Waals surface area contributed by atoms with Crippen LogP contribution in [0.5, 0.6) is 0 Å². The van der Waals surface area contributed by atoms with E-state index < -0.39 is 0 Å². The summed E-state index contributed by atoms with van der Waals surface area (Å²) < 4.78 is 3.53. The number of rotatable bonds is 4. The molecule has 3 heterocycles. The predicted octanol–water partition coefficient (Wildman–Crippen LogP) is 2.24. The summed E-state index contributed by atoms with van der Waals surface area (Å²) in [5.74, 6) is 0.139. The number of amides is 1. The lowest BCUT2D eigenvalue weighted by Gasteiger charge is -2.06. The Morgan fingerprint density at radius 3 is 2.88 bits per heavy atom. The molecule has 4 rings (SSSR count). The number of aromatic nitrogens is 6. The molecule has 0 spiro atoms. The molecule has 0 radical (unpaired) electrons. The van der Waals surface area contributed by atoms with Gasteiger partial charge in [-0.1, -0.05) is 12.1 Å². The summed E-state index contributed by atoms with van der Waals surface area (Å²) in [5.41, 5.74) is 3.45. The number of hydrogen-bond acceptors (Lipinski definition) is 5. The highest BCUT2D eigenvalue weighted by molar-refractivity contribution is 6.01. The second kappa shape index (κ2) is 6.40. The standard InChI is InChI=1S/C18H17N7O/c1-12-8-13(2)25-18(20-12)22-16(23-25)17(26)21-15-5-3-4-14(9-15)10-24-7-6-19-11-24/h3-9,11H,10H2,1-2H3,(H,21,26). The van der Waals surface area contributed by atoms with Crippen molar-refractivity contribution in [2.24, 2.45) is 0 Å². The van der Waals surface area contributed by atoms with E-state index in [2.05, 4.69) is 25.4 Å². The van der Waals surface area contributed by atoms with Crippen molar-refractivity contribution in [1.82, 2.24) is 29.1 Å². The molecule has 0 saturated carbocycles. The van der Waals surface area contributed by atoms with Gasteiger partial charge in [0, 0.05) is 36.0 Å². The molecule has 8 nitrogen and oxygen atoms in total. The van der Waals surface area contributed by atoms with Crippen LogP contribution in [0.2, 0.25) is 0 Å². The molecule has 0 aliphatic rings. The van der Waals surface area contributed by atoms with E-state index in [-0.39, 0.29) is 11.7 Å². The van der Waals surface area contributed by atoms with Gasteiger partial charge in [-0.2, -0.15) is 4.98 Å². The van der Waals surface area contributed by atoms with Crippen molar-refractivity contribution in [3.63, 3.8) is 0 Å². The number of carbonyl (C=O) groups excluding carboxylic acids is 1. The minimum absolute atomic E-state index is 0.0891. The number of anilines is 1. The zero-order valence-electron chi connectivity index (χ0n) is 14.4. The zero-order valence-corrected chi connectivity index (χ0v) is 14.4. The monoisotopic (exact) mass is 347 g/mol. The Hall–Kier alpha value is -3.55. The first-order valence-corrected chi connectivity index (χ1v) is 8.15. The largest absolute Gasteiger partial charge is 0.333 e. The van der Waals surface area contributed by atoms with Gasteiger partial charge in [0.25, 0.3) is 11.7 Å². The van der Waals surface area contributed by atoms with E-state index >= 15 is 0 Å². The molecule has 3 aromatic heterocycles. The average Bonchev–Trinajstić information content (AvgIpc) is 3.24. The SMILES string of the molecule is Cc1cc(C)n2nc(C(=O)Nc3cccc(Cn4ccnc4)c3)nc2n1. The van der Waals surface area contributed by atoms with E-state index in [1.54, 1.807) is 17.0 Å². The second-order valence-electron chi connectivity index (χ2n) is 6.08.